The molecule has 4 rings (SSSR count). The Morgan fingerprint density at radius 1 is 1.12 bits per heavy atom. The van der Waals surface area contributed by atoms with Gasteiger partial charge in [0.25, 0.3) is 5.56 Å². The van der Waals surface area contributed by atoms with Gasteiger partial charge < -0.3 is 5.32 Å². The molecule has 0 aliphatic rings. The van der Waals surface area contributed by atoms with Crippen LogP contribution >= 0.6 is 23.1 Å². The predicted octanol–water partition coefficient (Wildman–Crippen LogP) is 5.62. The van der Waals surface area contributed by atoms with Crippen molar-refractivity contribution in [1.82, 2.24) is 9.55 Å². The smallest absolute Gasteiger partial charge is 0.263 e. The van der Waals surface area contributed by atoms with Crippen LogP contribution in [-0.2, 0) is 4.79 Å². The molecule has 2 aromatic heterocycles. The fourth-order valence-electron chi connectivity index (χ4n) is 3.75. The summed E-state index contributed by atoms with van der Waals surface area (Å²) in [5, 5.41) is 3.97. The summed E-state index contributed by atoms with van der Waals surface area (Å²) in [7, 11) is 0. The van der Waals surface area contributed by atoms with E-state index in [0.717, 1.165) is 16.0 Å². The lowest BCUT2D eigenvalue weighted by Gasteiger charge is -2.19. The minimum absolute atomic E-state index is 0.0663. The van der Waals surface area contributed by atoms with Crippen LogP contribution in [-0.4, -0.2) is 27.0 Å². The van der Waals surface area contributed by atoms with Crippen molar-refractivity contribution in [2.24, 2.45) is 0 Å². The van der Waals surface area contributed by atoms with Crippen molar-refractivity contribution in [3.8, 4) is 0 Å². The van der Waals surface area contributed by atoms with E-state index in [1.165, 1.54) is 30.0 Å². The molecule has 0 fully saturated rings. The van der Waals surface area contributed by atoms with Gasteiger partial charge in [0.15, 0.2) is 10.9 Å². The number of carbonyl (C=O) groups excluding carboxylic acids is 2. The highest BCUT2D eigenvalue weighted by Crippen LogP contribution is 2.31. The first-order valence-electron chi connectivity index (χ1n) is 10.9. The van der Waals surface area contributed by atoms with Gasteiger partial charge >= 0.3 is 0 Å². The van der Waals surface area contributed by atoms with E-state index in [0.29, 0.717) is 26.6 Å². The maximum atomic E-state index is 13.6. The van der Waals surface area contributed by atoms with E-state index in [1.54, 1.807) is 28.8 Å². The number of nitrogens with one attached hydrogen (secondary N) is 1. The molecule has 4 aromatic rings. The normalized spacial score (nSPS) is 12.0. The van der Waals surface area contributed by atoms with Gasteiger partial charge in [0.1, 0.15) is 4.83 Å². The maximum Gasteiger partial charge on any atom is 0.263 e. The molecule has 8 heteroatoms. The van der Waals surface area contributed by atoms with E-state index in [2.05, 4.69) is 5.32 Å². The number of aromatic nitrogens is 2. The average Bonchev–Trinajstić information content (AvgIpc) is 3.11. The van der Waals surface area contributed by atoms with Crippen LogP contribution < -0.4 is 10.9 Å². The summed E-state index contributed by atoms with van der Waals surface area (Å²) in [6, 6.07) is 16.4. The molecule has 0 saturated heterocycles. The predicted molar refractivity (Wildman–Crippen MR) is 139 cm³/mol. The van der Waals surface area contributed by atoms with Crippen LogP contribution in [0.2, 0.25) is 0 Å². The molecule has 2 aromatic carbocycles. The summed E-state index contributed by atoms with van der Waals surface area (Å²) < 4.78 is 1.69. The largest absolute Gasteiger partial charge is 0.325 e. The number of hydrogen-bond donors (Lipinski definition) is 1. The number of rotatable bonds is 7. The van der Waals surface area contributed by atoms with Crippen molar-refractivity contribution >= 4 is 50.7 Å². The number of nitrogens with zero attached hydrogens (tertiary/aromatic N) is 2. The number of hydrogen-bond acceptors (Lipinski definition) is 6. The van der Waals surface area contributed by atoms with Gasteiger partial charge in [0.2, 0.25) is 5.91 Å². The van der Waals surface area contributed by atoms with Gasteiger partial charge in [-0.1, -0.05) is 54.2 Å². The number of thioether (sulfide) groups is 1. The van der Waals surface area contributed by atoms with Gasteiger partial charge in [-0.2, -0.15) is 0 Å². The van der Waals surface area contributed by atoms with Crippen LogP contribution in [0.25, 0.3) is 10.2 Å². The standard InChI is InChI=1S/C26H25N3O3S2/c1-15-18(4)34-24-23(15)25(32)29(16(2)19-9-6-5-7-10-19)26(28-24)33-14-22(31)27-21-12-8-11-20(13-21)17(3)30/h5-13,16H,14H2,1-4H3,(H,27,31). The second kappa shape index (κ2) is 9.95. The number of thiophene rings is 1. The first kappa shape index (κ1) is 23.9. The molecule has 174 valence electrons. The van der Waals surface area contributed by atoms with E-state index in [4.69, 9.17) is 4.98 Å². The number of aryl methyl sites for hydroxylation is 2. The van der Waals surface area contributed by atoms with Crippen molar-refractivity contribution in [3.63, 3.8) is 0 Å². The van der Waals surface area contributed by atoms with Gasteiger partial charge in [0.05, 0.1) is 17.2 Å². The molecule has 0 aliphatic carbocycles. The van der Waals surface area contributed by atoms with Crippen LogP contribution in [0, 0.1) is 13.8 Å². The lowest BCUT2D eigenvalue weighted by Crippen LogP contribution is -2.27. The van der Waals surface area contributed by atoms with Crippen molar-refractivity contribution in [1.29, 1.82) is 0 Å². The second-order valence-electron chi connectivity index (χ2n) is 8.09. The van der Waals surface area contributed by atoms with Crippen LogP contribution in [0.3, 0.4) is 0 Å². The lowest BCUT2D eigenvalue weighted by molar-refractivity contribution is -0.113. The topological polar surface area (TPSA) is 81.1 Å². The van der Waals surface area contributed by atoms with Crippen LogP contribution in [0.15, 0.2) is 64.5 Å². The Balaban J connectivity index is 1.66. The maximum absolute atomic E-state index is 13.6. The van der Waals surface area contributed by atoms with E-state index in [-0.39, 0.29) is 29.0 Å². The quantitative estimate of drug-likeness (QED) is 0.206. The fourth-order valence-corrected chi connectivity index (χ4v) is 5.70. The first-order valence-corrected chi connectivity index (χ1v) is 12.7. The molecule has 34 heavy (non-hydrogen) atoms. The summed E-state index contributed by atoms with van der Waals surface area (Å²) in [4.78, 5) is 44.5. The van der Waals surface area contributed by atoms with E-state index < -0.39 is 0 Å². The van der Waals surface area contributed by atoms with Crippen LogP contribution in [0.1, 0.15) is 46.3 Å². The van der Waals surface area contributed by atoms with E-state index in [1.807, 2.05) is 51.1 Å². The zero-order valence-electron chi connectivity index (χ0n) is 19.4. The first-order chi connectivity index (χ1) is 16.3. The number of ketones is 1. The summed E-state index contributed by atoms with van der Waals surface area (Å²) in [6.45, 7) is 7.39. The van der Waals surface area contributed by atoms with Gasteiger partial charge in [0, 0.05) is 16.1 Å². The van der Waals surface area contributed by atoms with E-state index in [9.17, 15) is 14.4 Å². The third-order valence-corrected chi connectivity index (χ3v) is 7.81. The Bertz CT molecular complexity index is 1440. The zero-order valence-corrected chi connectivity index (χ0v) is 21.0. The van der Waals surface area contributed by atoms with Crippen molar-refractivity contribution in [2.75, 3.05) is 11.1 Å². The molecular weight excluding hydrogens is 466 g/mol. The van der Waals surface area contributed by atoms with E-state index >= 15 is 0 Å². The lowest BCUT2D eigenvalue weighted by atomic mass is 10.1. The molecule has 0 aliphatic heterocycles. The highest BCUT2D eigenvalue weighted by Gasteiger charge is 2.21. The third-order valence-electron chi connectivity index (χ3n) is 5.76. The fraction of sp³-hybridized carbons (Fsp3) is 0.231. The molecule has 0 spiro atoms. The van der Waals surface area contributed by atoms with Gasteiger partial charge in [-0.25, -0.2) is 4.98 Å². The van der Waals surface area contributed by atoms with Gasteiger partial charge in [-0.05, 0) is 51.0 Å². The van der Waals surface area contributed by atoms with Crippen molar-refractivity contribution in [3.05, 3.63) is 86.5 Å². The highest BCUT2D eigenvalue weighted by atomic mass is 32.2. The Kier molecular flexibility index (Phi) is 7.00. The Morgan fingerprint density at radius 2 is 1.85 bits per heavy atom. The summed E-state index contributed by atoms with van der Waals surface area (Å²) in [5.41, 5.74) is 2.93. The second-order valence-corrected chi connectivity index (χ2v) is 10.2. The molecule has 6 nitrogen and oxygen atoms in total. The summed E-state index contributed by atoms with van der Waals surface area (Å²) >= 11 is 2.73. The van der Waals surface area contributed by atoms with Crippen molar-refractivity contribution in [2.45, 2.75) is 38.9 Å². The molecule has 1 N–H and O–H groups in total. The molecule has 1 amide bonds. The molecule has 2 heterocycles. The monoisotopic (exact) mass is 491 g/mol. The molecule has 0 saturated carbocycles. The van der Waals surface area contributed by atoms with Crippen molar-refractivity contribution < 1.29 is 9.59 Å². The number of benzene rings is 2. The Morgan fingerprint density at radius 3 is 2.56 bits per heavy atom. The summed E-state index contributed by atoms with van der Waals surface area (Å²) in [6.07, 6.45) is 0. The minimum atomic E-state index is -0.247. The molecule has 1 atom stereocenters. The van der Waals surface area contributed by atoms with Gasteiger partial charge in [-0.15, -0.1) is 11.3 Å². The Labute approximate surface area is 206 Å². The number of anilines is 1. The SMILES string of the molecule is CC(=O)c1cccc(NC(=O)CSc2nc3sc(C)c(C)c3c(=O)n2C(C)c2ccccc2)c1. The average molecular weight is 492 g/mol. The molecule has 0 radical (unpaired) electrons. The number of amides is 1. The molecule has 1 unspecified atom stereocenters. The van der Waals surface area contributed by atoms with Crippen LogP contribution in [0.5, 0.6) is 0 Å². The number of fused-ring (bicyclic) bond motifs is 1. The summed E-state index contributed by atoms with van der Waals surface area (Å²) in [5.74, 6) is -0.228. The number of Topliss-reactive ketones (excluding diaryl/α,β-unsaturated/α-hetero) is 1. The zero-order chi connectivity index (χ0) is 24.4. The Hall–Kier alpha value is -3.23. The highest BCUT2D eigenvalue weighted by molar-refractivity contribution is 7.99. The molecule has 0 bridgehead atoms. The number of carbonyl (C=O) groups is 2. The minimum Gasteiger partial charge on any atom is -0.325 e. The molecular formula is C26H25N3O3S2. The third kappa shape index (κ3) is 4.83. The van der Waals surface area contributed by atoms with Crippen LogP contribution in [0.4, 0.5) is 5.69 Å². The van der Waals surface area contributed by atoms with Gasteiger partial charge in [-0.3, -0.25) is 19.0 Å².